The third-order valence-electron chi connectivity index (χ3n) is 3.78. The molecule has 24 heavy (non-hydrogen) atoms. The van der Waals surface area contributed by atoms with E-state index in [0.29, 0.717) is 23.1 Å². The van der Waals surface area contributed by atoms with Crippen molar-refractivity contribution in [2.24, 2.45) is 5.92 Å². The fourth-order valence-electron chi connectivity index (χ4n) is 2.52. The van der Waals surface area contributed by atoms with Gasteiger partial charge in [0.1, 0.15) is 12.2 Å². The highest BCUT2D eigenvalue weighted by molar-refractivity contribution is 5.92. The van der Waals surface area contributed by atoms with Crippen LogP contribution < -0.4 is 0 Å². The van der Waals surface area contributed by atoms with Gasteiger partial charge in [-0.1, -0.05) is 33.3 Å². The molecule has 2 heterocycles. The lowest BCUT2D eigenvalue weighted by Gasteiger charge is -2.38. The summed E-state index contributed by atoms with van der Waals surface area (Å²) in [5.74, 6) is -0.00282. The van der Waals surface area contributed by atoms with Crippen molar-refractivity contribution in [3.8, 4) is 0 Å². The van der Waals surface area contributed by atoms with E-state index in [9.17, 15) is 18.0 Å². The van der Waals surface area contributed by atoms with Crippen LogP contribution in [0.4, 0.5) is 13.2 Å². The molecular weight excluding hydrogens is 319 g/mol. The Labute approximate surface area is 141 Å². The van der Waals surface area contributed by atoms with Gasteiger partial charge in [-0.15, -0.1) is 0 Å². The van der Waals surface area contributed by atoms with Crippen LogP contribution in [-0.2, 0) is 6.54 Å². The summed E-state index contributed by atoms with van der Waals surface area (Å²) in [6, 6.07) is 4.90. The van der Waals surface area contributed by atoms with Crippen LogP contribution in [-0.4, -0.2) is 53.5 Å². The highest BCUT2D eigenvalue weighted by Crippen LogP contribution is 2.21. The quantitative estimate of drug-likeness (QED) is 0.818. The number of alkyl halides is 3. The van der Waals surface area contributed by atoms with E-state index in [0.717, 1.165) is 26.6 Å². The Kier molecular flexibility index (Phi) is 7.66. The number of carbonyl (C=O) groups excluding carboxylic acids is 1. The predicted molar refractivity (Wildman–Crippen MR) is 87.7 cm³/mol. The van der Waals surface area contributed by atoms with E-state index >= 15 is 0 Å². The van der Waals surface area contributed by atoms with Gasteiger partial charge >= 0.3 is 6.18 Å². The van der Waals surface area contributed by atoms with Gasteiger partial charge in [0.2, 0.25) is 0 Å². The minimum Gasteiger partial charge on any atom is -0.331 e. The van der Waals surface area contributed by atoms with Gasteiger partial charge in [0, 0.05) is 26.7 Å². The summed E-state index contributed by atoms with van der Waals surface area (Å²) in [7, 11) is 1.13. The molecule has 0 radical (unpaired) electrons. The molecule has 0 aliphatic carbocycles. The van der Waals surface area contributed by atoms with E-state index in [1.807, 2.05) is 13.8 Å². The van der Waals surface area contributed by atoms with Crippen LogP contribution in [0.15, 0.2) is 18.2 Å². The number of pyridine rings is 1. The Morgan fingerprint density at radius 1 is 1.33 bits per heavy atom. The van der Waals surface area contributed by atoms with Crippen LogP contribution in [0.3, 0.4) is 0 Å². The van der Waals surface area contributed by atoms with Crippen molar-refractivity contribution in [1.29, 1.82) is 0 Å². The van der Waals surface area contributed by atoms with E-state index < -0.39 is 18.6 Å². The van der Waals surface area contributed by atoms with Crippen molar-refractivity contribution in [2.75, 3.05) is 26.7 Å². The minimum absolute atomic E-state index is 0.0526. The Hall–Kier alpha value is -1.63. The SMILES string of the molecule is CC.CCC1CN(Cc2cccc(C(=O)N(C)CC(F)(F)F)n2)C1. The summed E-state index contributed by atoms with van der Waals surface area (Å²) < 4.78 is 37.0. The third kappa shape index (κ3) is 6.11. The topological polar surface area (TPSA) is 36.4 Å². The number of rotatable bonds is 5. The number of carbonyl (C=O) groups is 1. The molecule has 1 aromatic rings. The number of hydrogen-bond donors (Lipinski definition) is 0. The van der Waals surface area contributed by atoms with Crippen LogP contribution in [0.2, 0.25) is 0 Å². The molecule has 0 saturated carbocycles. The number of hydrogen-bond acceptors (Lipinski definition) is 3. The summed E-state index contributed by atoms with van der Waals surface area (Å²) in [4.78, 5) is 19.0. The second kappa shape index (κ2) is 9.01. The molecule has 7 heteroatoms. The normalized spacial score (nSPS) is 15.3. The Bertz CT molecular complexity index is 528. The number of amides is 1. The Balaban J connectivity index is 0.00000139. The average Bonchev–Trinajstić information content (AvgIpc) is 2.50. The lowest BCUT2D eigenvalue weighted by Crippen LogP contribution is -2.45. The van der Waals surface area contributed by atoms with Crippen LogP contribution in [0, 0.1) is 5.92 Å². The zero-order valence-electron chi connectivity index (χ0n) is 14.7. The van der Waals surface area contributed by atoms with Crippen molar-refractivity contribution in [3.63, 3.8) is 0 Å². The predicted octanol–water partition coefficient (Wildman–Crippen LogP) is 3.58. The van der Waals surface area contributed by atoms with E-state index in [4.69, 9.17) is 0 Å². The highest BCUT2D eigenvalue weighted by atomic mass is 19.4. The standard InChI is InChI=1S/C15H20F3N3O.C2H6/c1-3-11-7-21(8-11)9-12-5-4-6-13(19-12)14(22)20(2)10-15(16,17)18;1-2/h4-6,11H,3,7-10H2,1-2H3;1-2H3. The van der Waals surface area contributed by atoms with Gasteiger partial charge in [0.15, 0.2) is 0 Å². The first-order chi connectivity index (χ1) is 11.3. The molecule has 1 saturated heterocycles. The molecule has 1 amide bonds. The summed E-state index contributed by atoms with van der Waals surface area (Å²) >= 11 is 0. The third-order valence-corrected chi connectivity index (χ3v) is 3.78. The highest BCUT2D eigenvalue weighted by Gasteiger charge is 2.32. The van der Waals surface area contributed by atoms with E-state index in [1.165, 1.54) is 6.07 Å². The molecule has 0 N–H and O–H groups in total. The summed E-state index contributed by atoms with van der Waals surface area (Å²) in [6.45, 7) is 7.51. The zero-order chi connectivity index (χ0) is 18.3. The number of likely N-dealkylation sites (tertiary alicyclic amines) is 1. The fourth-order valence-corrected chi connectivity index (χ4v) is 2.52. The van der Waals surface area contributed by atoms with Crippen LogP contribution in [0.1, 0.15) is 43.4 Å². The maximum absolute atomic E-state index is 12.3. The van der Waals surface area contributed by atoms with Crippen molar-refractivity contribution in [2.45, 2.75) is 39.9 Å². The first-order valence-corrected chi connectivity index (χ1v) is 8.29. The summed E-state index contributed by atoms with van der Waals surface area (Å²) in [6.07, 6.45) is -3.26. The Morgan fingerprint density at radius 3 is 2.50 bits per heavy atom. The van der Waals surface area contributed by atoms with Gasteiger partial charge in [-0.2, -0.15) is 13.2 Å². The minimum atomic E-state index is -4.41. The molecule has 136 valence electrons. The van der Waals surface area contributed by atoms with Crippen LogP contribution in [0.5, 0.6) is 0 Å². The molecule has 1 aromatic heterocycles. The molecule has 0 aromatic carbocycles. The maximum Gasteiger partial charge on any atom is 0.406 e. The molecule has 1 fully saturated rings. The molecule has 0 unspecified atom stereocenters. The second-order valence-electron chi connectivity index (χ2n) is 5.76. The van der Waals surface area contributed by atoms with Crippen molar-refractivity contribution >= 4 is 5.91 Å². The molecule has 1 aliphatic rings. The zero-order valence-corrected chi connectivity index (χ0v) is 14.7. The lowest BCUT2D eigenvalue weighted by molar-refractivity contribution is -0.138. The second-order valence-corrected chi connectivity index (χ2v) is 5.76. The average molecular weight is 345 g/mol. The van der Waals surface area contributed by atoms with Gasteiger partial charge in [-0.05, 0) is 18.1 Å². The molecule has 4 nitrogen and oxygen atoms in total. The van der Waals surface area contributed by atoms with E-state index in [2.05, 4.69) is 16.8 Å². The number of nitrogens with zero attached hydrogens (tertiary/aromatic N) is 3. The molecule has 0 atom stereocenters. The van der Waals surface area contributed by atoms with Crippen molar-refractivity contribution in [3.05, 3.63) is 29.6 Å². The molecular formula is C17H26F3N3O. The molecule has 0 bridgehead atoms. The lowest BCUT2D eigenvalue weighted by atomic mass is 9.97. The first kappa shape index (κ1) is 20.4. The van der Waals surface area contributed by atoms with E-state index in [1.54, 1.807) is 12.1 Å². The van der Waals surface area contributed by atoms with Gasteiger partial charge in [0.25, 0.3) is 5.91 Å². The van der Waals surface area contributed by atoms with E-state index in [-0.39, 0.29) is 5.69 Å². The van der Waals surface area contributed by atoms with Gasteiger partial charge in [-0.25, -0.2) is 4.98 Å². The summed E-state index contributed by atoms with van der Waals surface area (Å²) in [5.41, 5.74) is 0.762. The molecule has 1 aliphatic heterocycles. The fraction of sp³-hybridized carbons (Fsp3) is 0.647. The van der Waals surface area contributed by atoms with Crippen molar-refractivity contribution < 1.29 is 18.0 Å². The smallest absolute Gasteiger partial charge is 0.331 e. The van der Waals surface area contributed by atoms with Gasteiger partial charge < -0.3 is 4.90 Å². The Morgan fingerprint density at radius 2 is 1.96 bits per heavy atom. The van der Waals surface area contributed by atoms with Crippen molar-refractivity contribution in [1.82, 2.24) is 14.8 Å². The maximum atomic E-state index is 12.3. The van der Waals surface area contributed by atoms with Gasteiger partial charge in [-0.3, -0.25) is 9.69 Å². The largest absolute Gasteiger partial charge is 0.406 e. The van der Waals surface area contributed by atoms with Crippen LogP contribution >= 0.6 is 0 Å². The number of aromatic nitrogens is 1. The first-order valence-electron chi connectivity index (χ1n) is 8.29. The number of halogens is 3. The summed E-state index contributed by atoms with van der Waals surface area (Å²) in [5, 5.41) is 0. The molecule has 2 rings (SSSR count). The molecule has 0 spiro atoms. The van der Waals surface area contributed by atoms with Gasteiger partial charge in [0.05, 0.1) is 5.69 Å². The monoisotopic (exact) mass is 345 g/mol. The van der Waals surface area contributed by atoms with Crippen LogP contribution in [0.25, 0.3) is 0 Å².